The molecule has 0 aliphatic rings. The van der Waals surface area contributed by atoms with Gasteiger partial charge < -0.3 is 19.8 Å². The average Bonchev–Trinajstić information content (AvgIpc) is 3.29. The van der Waals surface area contributed by atoms with Gasteiger partial charge in [0.15, 0.2) is 11.5 Å². The summed E-state index contributed by atoms with van der Waals surface area (Å²) in [5.41, 5.74) is 0.454. The van der Waals surface area contributed by atoms with E-state index >= 15 is 0 Å². The number of carbonyl (C=O) groups excluding carboxylic acids is 2. The number of nitrogens with one attached hydrogen (secondary N) is 2. The van der Waals surface area contributed by atoms with Crippen LogP contribution in [0.3, 0.4) is 0 Å². The minimum absolute atomic E-state index is 0.194. The smallest absolute Gasteiger partial charge is 0.291 e. The van der Waals surface area contributed by atoms with Gasteiger partial charge in [-0.15, -0.1) is 11.3 Å². The number of anilines is 2. The Labute approximate surface area is 172 Å². The topological polar surface area (TPSA) is 80.6 Å². The Kier molecular flexibility index (Phi) is 6.20. The molecule has 0 atom stereocenters. The zero-order valence-corrected chi connectivity index (χ0v) is 17.2. The first kappa shape index (κ1) is 19.5. The molecular weight excluding hydrogens is 456 g/mol. The molecule has 6 nitrogen and oxygen atoms in total. The highest BCUT2D eigenvalue weighted by Gasteiger charge is 2.17. The SMILES string of the molecule is CCOc1c(Br)cc(Cl)cc1NC(=O)c1ccc(NC(=O)c2ccco2)s1. The Morgan fingerprint density at radius 2 is 2.04 bits per heavy atom. The number of ether oxygens (including phenoxy) is 1. The van der Waals surface area contributed by atoms with Crippen molar-refractivity contribution in [2.24, 2.45) is 0 Å². The fourth-order valence-corrected chi connectivity index (χ4v) is 3.96. The summed E-state index contributed by atoms with van der Waals surface area (Å²) in [5, 5.41) is 6.46. The monoisotopic (exact) mass is 468 g/mol. The average molecular weight is 470 g/mol. The van der Waals surface area contributed by atoms with E-state index in [9.17, 15) is 9.59 Å². The van der Waals surface area contributed by atoms with Crippen molar-refractivity contribution in [3.8, 4) is 5.75 Å². The van der Waals surface area contributed by atoms with Gasteiger partial charge >= 0.3 is 0 Å². The van der Waals surface area contributed by atoms with Gasteiger partial charge in [0, 0.05) is 5.02 Å². The molecule has 0 fully saturated rings. The Hall–Kier alpha value is -2.29. The van der Waals surface area contributed by atoms with Crippen molar-refractivity contribution >= 4 is 61.4 Å². The van der Waals surface area contributed by atoms with Crippen LogP contribution >= 0.6 is 38.9 Å². The van der Waals surface area contributed by atoms with E-state index in [-0.39, 0.29) is 17.6 Å². The molecule has 0 aliphatic carbocycles. The lowest BCUT2D eigenvalue weighted by atomic mass is 10.3. The molecule has 140 valence electrons. The summed E-state index contributed by atoms with van der Waals surface area (Å²) in [4.78, 5) is 25.0. The predicted octanol–water partition coefficient (Wildman–Crippen LogP) is 5.66. The summed E-state index contributed by atoms with van der Waals surface area (Å²) in [6, 6.07) is 9.76. The molecule has 0 saturated carbocycles. The van der Waals surface area contributed by atoms with Crippen molar-refractivity contribution in [1.29, 1.82) is 0 Å². The Bertz CT molecular complexity index is 972. The van der Waals surface area contributed by atoms with Crippen molar-refractivity contribution in [3.63, 3.8) is 0 Å². The molecule has 27 heavy (non-hydrogen) atoms. The molecule has 9 heteroatoms. The summed E-state index contributed by atoms with van der Waals surface area (Å²) < 4.78 is 11.3. The van der Waals surface area contributed by atoms with Crippen LogP contribution in [0.2, 0.25) is 5.02 Å². The maximum Gasteiger partial charge on any atom is 0.291 e. The molecule has 2 N–H and O–H groups in total. The first-order chi connectivity index (χ1) is 13.0. The van der Waals surface area contributed by atoms with Gasteiger partial charge in [0.1, 0.15) is 0 Å². The number of amides is 2. The number of hydrogen-bond donors (Lipinski definition) is 2. The second kappa shape index (κ2) is 8.60. The summed E-state index contributed by atoms with van der Waals surface area (Å²) in [6.07, 6.45) is 1.42. The number of furan rings is 1. The van der Waals surface area contributed by atoms with Gasteiger partial charge in [0.25, 0.3) is 11.8 Å². The van der Waals surface area contributed by atoms with Gasteiger partial charge in [-0.25, -0.2) is 0 Å². The lowest BCUT2D eigenvalue weighted by molar-refractivity contribution is 0.0995. The molecule has 0 bridgehead atoms. The van der Waals surface area contributed by atoms with Crippen LogP contribution < -0.4 is 15.4 Å². The molecule has 3 rings (SSSR count). The molecule has 0 spiro atoms. The Balaban J connectivity index is 1.74. The first-order valence-corrected chi connectivity index (χ1v) is 9.84. The van der Waals surface area contributed by atoms with Gasteiger partial charge in [0.2, 0.25) is 0 Å². The number of benzene rings is 1. The van der Waals surface area contributed by atoms with Crippen LogP contribution in [-0.2, 0) is 0 Å². The molecule has 2 aromatic heterocycles. The lowest BCUT2D eigenvalue weighted by Crippen LogP contribution is -2.12. The van der Waals surface area contributed by atoms with E-state index in [1.54, 1.807) is 36.4 Å². The number of carbonyl (C=O) groups is 2. The van der Waals surface area contributed by atoms with Gasteiger partial charge in [0.05, 0.1) is 32.9 Å². The van der Waals surface area contributed by atoms with Crippen LogP contribution in [0.4, 0.5) is 10.7 Å². The third-order valence-electron chi connectivity index (χ3n) is 3.36. The standard InChI is InChI=1S/C18H14BrClN2O4S/c1-2-25-16-11(19)8-10(20)9-12(16)21-18(24)14-5-6-15(27-14)22-17(23)13-4-3-7-26-13/h3-9H,2H2,1H3,(H,21,24)(H,22,23). The quantitative estimate of drug-likeness (QED) is 0.488. The first-order valence-electron chi connectivity index (χ1n) is 7.85. The van der Waals surface area contributed by atoms with Crippen LogP contribution in [-0.4, -0.2) is 18.4 Å². The summed E-state index contributed by atoms with van der Waals surface area (Å²) in [5.74, 6) is -0.0301. The zero-order valence-electron chi connectivity index (χ0n) is 14.0. The maximum absolute atomic E-state index is 12.6. The fraction of sp³-hybridized carbons (Fsp3) is 0.111. The van der Waals surface area contributed by atoms with E-state index in [0.717, 1.165) is 11.3 Å². The molecule has 2 heterocycles. The zero-order chi connectivity index (χ0) is 19.4. The molecule has 3 aromatic rings. The lowest BCUT2D eigenvalue weighted by Gasteiger charge is -2.13. The van der Waals surface area contributed by atoms with Gasteiger partial charge in [-0.2, -0.15) is 0 Å². The Morgan fingerprint density at radius 3 is 2.74 bits per heavy atom. The van der Waals surface area contributed by atoms with E-state index in [1.807, 2.05) is 6.92 Å². The van der Waals surface area contributed by atoms with E-state index in [0.29, 0.717) is 37.4 Å². The molecule has 1 aromatic carbocycles. The van der Waals surface area contributed by atoms with Crippen molar-refractivity contribution in [2.45, 2.75) is 6.92 Å². The van der Waals surface area contributed by atoms with Crippen LogP contribution in [0.5, 0.6) is 5.75 Å². The number of halogens is 2. The number of rotatable bonds is 6. The summed E-state index contributed by atoms with van der Waals surface area (Å²) in [7, 11) is 0. The van der Waals surface area contributed by atoms with E-state index in [2.05, 4.69) is 26.6 Å². The highest BCUT2D eigenvalue weighted by molar-refractivity contribution is 9.10. The van der Waals surface area contributed by atoms with Crippen LogP contribution in [0.1, 0.15) is 27.2 Å². The minimum Gasteiger partial charge on any atom is -0.491 e. The van der Waals surface area contributed by atoms with Gasteiger partial charge in [-0.05, 0) is 59.3 Å². The normalized spacial score (nSPS) is 10.5. The largest absolute Gasteiger partial charge is 0.491 e. The van der Waals surface area contributed by atoms with Crippen molar-refractivity contribution in [2.75, 3.05) is 17.2 Å². The summed E-state index contributed by atoms with van der Waals surface area (Å²) in [6.45, 7) is 2.28. The van der Waals surface area contributed by atoms with Crippen LogP contribution in [0.15, 0.2) is 51.6 Å². The minimum atomic E-state index is -0.383. The third kappa shape index (κ3) is 4.71. The van der Waals surface area contributed by atoms with Crippen molar-refractivity contribution in [3.05, 3.63) is 62.8 Å². The summed E-state index contributed by atoms with van der Waals surface area (Å²) >= 11 is 10.6. The van der Waals surface area contributed by atoms with E-state index in [4.69, 9.17) is 20.8 Å². The highest BCUT2D eigenvalue weighted by atomic mass is 79.9. The predicted molar refractivity (Wildman–Crippen MR) is 109 cm³/mol. The molecule has 0 radical (unpaired) electrons. The van der Waals surface area contributed by atoms with Crippen LogP contribution in [0.25, 0.3) is 0 Å². The fourth-order valence-electron chi connectivity index (χ4n) is 2.24. The molecule has 0 unspecified atom stereocenters. The molecular formula is C18H14BrClN2O4S. The van der Waals surface area contributed by atoms with Crippen molar-refractivity contribution in [1.82, 2.24) is 0 Å². The van der Waals surface area contributed by atoms with Crippen molar-refractivity contribution < 1.29 is 18.7 Å². The number of thiophene rings is 1. The maximum atomic E-state index is 12.6. The second-order valence-corrected chi connectivity index (χ2v) is 7.62. The van der Waals surface area contributed by atoms with E-state index < -0.39 is 0 Å². The molecule has 2 amide bonds. The third-order valence-corrected chi connectivity index (χ3v) is 5.16. The molecule has 0 aliphatic heterocycles. The highest BCUT2D eigenvalue weighted by Crippen LogP contribution is 2.37. The van der Waals surface area contributed by atoms with Gasteiger partial charge in [-0.3, -0.25) is 9.59 Å². The van der Waals surface area contributed by atoms with E-state index in [1.165, 1.54) is 6.26 Å². The molecule has 0 saturated heterocycles. The second-order valence-electron chi connectivity index (χ2n) is 5.25. The van der Waals surface area contributed by atoms with Crippen LogP contribution in [0, 0.1) is 0 Å². The van der Waals surface area contributed by atoms with Gasteiger partial charge in [-0.1, -0.05) is 11.6 Å². The Morgan fingerprint density at radius 1 is 1.22 bits per heavy atom. The number of hydrogen-bond acceptors (Lipinski definition) is 5.